The van der Waals surface area contributed by atoms with Crippen LogP contribution in [-0.2, 0) is 10.5 Å². The van der Waals surface area contributed by atoms with Crippen molar-refractivity contribution >= 4 is 23.5 Å². The lowest BCUT2D eigenvalue weighted by Gasteiger charge is -2.34. The number of hydrogen-bond donors (Lipinski definition) is 0. The number of nitrogens with zero attached hydrogens (tertiary/aromatic N) is 1. The Morgan fingerprint density at radius 2 is 1.88 bits per heavy atom. The SMILES string of the molecule is O=C1CC2(CCN(C(=O)CSCc3ccccc3)C2)Oc2ccccc21. The number of para-hydroxylation sites is 1. The van der Waals surface area contributed by atoms with Gasteiger partial charge in [0.1, 0.15) is 11.4 Å². The van der Waals surface area contributed by atoms with E-state index in [0.29, 0.717) is 43.0 Å². The summed E-state index contributed by atoms with van der Waals surface area (Å²) in [6.45, 7) is 1.15. The van der Waals surface area contributed by atoms with Gasteiger partial charge in [-0.3, -0.25) is 9.59 Å². The summed E-state index contributed by atoms with van der Waals surface area (Å²) in [5.74, 6) is 2.16. The summed E-state index contributed by atoms with van der Waals surface area (Å²) < 4.78 is 6.18. The molecule has 1 spiro atoms. The second-order valence-corrected chi connectivity index (χ2v) is 7.91. The molecule has 4 nitrogen and oxygen atoms in total. The van der Waals surface area contributed by atoms with Crippen molar-refractivity contribution in [2.75, 3.05) is 18.8 Å². The minimum atomic E-state index is -0.550. The van der Waals surface area contributed by atoms with Crippen LogP contribution >= 0.6 is 11.8 Å². The number of ketones is 1. The number of rotatable bonds is 4. The molecule has 2 aromatic carbocycles. The number of hydrogen-bond acceptors (Lipinski definition) is 4. The molecule has 5 heteroatoms. The minimum Gasteiger partial charge on any atom is -0.484 e. The van der Waals surface area contributed by atoms with E-state index in [-0.39, 0.29) is 11.7 Å². The number of ether oxygens (including phenoxy) is 1. The molecule has 2 heterocycles. The summed E-state index contributed by atoms with van der Waals surface area (Å²) in [4.78, 5) is 26.9. The third kappa shape index (κ3) is 3.49. The Morgan fingerprint density at radius 3 is 2.73 bits per heavy atom. The van der Waals surface area contributed by atoms with Crippen LogP contribution in [0.5, 0.6) is 5.75 Å². The second-order valence-electron chi connectivity index (χ2n) is 6.92. The molecule has 26 heavy (non-hydrogen) atoms. The van der Waals surface area contributed by atoms with Crippen molar-refractivity contribution < 1.29 is 14.3 Å². The molecule has 2 aliphatic heterocycles. The Bertz CT molecular complexity index is 823. The molecule has 2 aliphatic rings. The van der Waals surface area contributed by atoms with E-state index < -0.39 is 5.60 Å². The van der Waals surface area contributed by atoms with Crippen LogP contribution in [0.2, 0.25) is 0 Å². The van der Waals surface area contributed by atoms with E-state index in [2.05, 4.69) is 12.1 Å². The van der Waals surface area contributed by atoms with Crippen LogP contribution in [0.4, 0.5) is 0 Å². The maximum Gasteiger partial charge on any atom is 0.232 e. The first-order valence-corrected chi connectivity index (χ1v) is 10.0. The number of benzene rings is 2. The van der Waals surface area contributed by atoms with Crippen LogP contribution in [0, 0.1) is 0 Å². The Balaban J connectivity index is 1.35. The monoisotopic (exact) mass is 367 g/mol. The van der Waals surface area contributed by atoms with Gasteiger partial charge in [-0.2, -0.15) is 0 Å². The lowest BCUT2D eigenvalue weighted by atomic mass is 9.89. The van der Waals surface area contributed by atoms with Gasteiger partial charge in [-0.05, 0) is 17.7 Å². The van der Waals surface area contributed by atoms with Crippen LogP contribution in [0.1, 0.15) is 28.8 Å². The van der Waals surface area contributed by atoms with Crippen molar-refractivity contribution in [3.63, 3.8) is 0 Å². The molecule has 2 aromatic rings. The van der Waals surface area contributed by atoms with E-state index in [1.165, 1.54) is 5.56 Å². The molecule has 0 radical (unpaired) electrons. The number of Topliss-reactive ketones (excluding diaryl/α,β-unsaturated/α-hetero) is 1. The molecule has 0 N–H and O–H groups in total. The molecule has 1 amide bonds. The molecule has 4 rings (SSSR count). The number of carbonyl (C=O) groups is 2. The standard InChI is InChI=1S/C21H21NO3S/c23-18-12-21(25-19-9-5-4-8-17(18)19)10-11-22(15-21)20(24)14-26-13-16-6-2-1-3-7-16/h1-9H,10-15H2. The van der Waals surface area contributed by atoms with Crippen molar-refractivity contribution in [2.45, 2.75) is 24.2 Å². The van der Waals surface area contributed by atoms with Gasteiger partial charge in [0.25, 0.3) is 0 Å². The van der Waals surface area contributed by atoms with Crippen LogP contribution in [0.25, 0.3) is 0 Å². The zero-order chi connectivity index (χ0) is 18.0. The van der Waals surface area contributed by atoms with Gasteiger partial charge in [-0.15, -0.1) is 11.8 Å². The third-order valence-corrected chi connectivity index (χ3v) is 5.99. The normalized spacial score (nSPS) is 21.5. The molecule has 0 aliphatic carbocycles. The van der Waals surface area contributed by atoms with Crippen molar-refractivity contribution in [3.8, 4) is 5.75 Å². The maximum atomic E-state index is 12.6. The third-order valence-electron chi connectivity index (χ3n) is 5.00. The predicted octanol–water partition coefficient (Wildman–Crippen LogP) is 3.56. The van der Waals surface area contributed by atoms with Crippen molar-refractivity contribution in [3.05, 3.63) is 65.7 Å². The molecule has 134 valence electrons. The average Bonchev–Trinajstić information content (AvgIpc) is 3.06. The van der Waals surface area contributed by atoms with Gasteiger partial charge >= 0.3 is 0 Å². The predicted molar refractivity (Wildman–Crippen MR) is 103 cm³/mol. The molecule has 1 saturated heterocycles. The van der Waals surface area contributed by atoms with Crippen LogP contribution in [0.15, 0.2) is 54.6 Å². The Hall–Kier alpha value is -2.27. The zero-order valence-electron chi connectivity index (χ0n) is 14.5. The van der Waals surface area contributed by atoms with Gasteiger partial charge in [0.15, 0.2) is 5.78 Å². The summed E-state index contributed by atoms with van der Waals surface area (Å²) in [5.41, 5.74) is 1.33. The number of thioether (sulfide) groups is 1. The summed E-state index contributed by atoms with van der Waals surface area (Å²) in [6, 6.07) is 17.5. The molecule has 1 unspecified atom stereocenters. The van der Waals surface area contributed by atoms with Crippen LogP contribution in [0.3, 0.4) is 0 Å². The first kappa shape index (κ1) is 17.2. The fourth-order valence-electron chi connectivity index (χ4n) is 3.65. The van der Waals surface area contributed by atoms with E-state index in [1.54, 1.807) is 11.8 Å². The highest BCUT2D eigenvalue weighted by molar-refractivity contribution is 7.99. The Labute approximate surface area is 157 Å². The first-order chi connectivity index (χ1) is 12.7. The van der Waals surface area contributed by atoms with Crippen molar-refractivity contribution in [1.29, 1.82) is 0 Å². The molecule has 0 aromatic heterocycles. The Kier molecular flexibility index (Phi) is 4.72. The smallest absolute Gasteiger partial charge is 0.232 e. The van der Waals surface area contributed by atoms with Crippen LogP contribution < -0.4 is 4.74 Å². The second kappa shape index (κ2) is 7.16. The fourth-order valence-corrected chi connectivity index (χ4v) is 4.54. The fraction of sp³-hybridized carbons (Fsp3) is 0.333. The Morgan fingerprint density at radius 1 is 1.12 bits per heavy atom. The number of carbonyl (C=O) groups excluding carboxylic acids is 2. The van der Waals surface area contributed by atoms with E-state index >= 15 is 0 Å². The first-order valence-electron chi connectivity index (χ1n) is 8.86. The van der Waals surface area contributed by atoms with Crippen LogP contribution in [-0.4, -0.2) is 41.0 Å². The van der Waals surface area contributed by atoms with Gasteiger partial charge in [0, 0.05) is 18.7 Å². The zero-order valence-corrected chi connectivity index (χ0v) is 15.3. The molecule has 0 saturated carbocycles. The van der Waals surface area contributed by atoms with Gasteiger partial charge in [0.2, 0.25) is 5.91 Å². The quantitative estimate of drug-likeness (QED) is 0.829. The topological polar surface area (TPSA) is 46.6 Å². The average molecular weight is 367 g/mol. The van der Waals surface area contributed by atoms with Gasteiger partial charge < -0.3 is 9.64 Å². The number of likely N-dealkylation sites (tertiary alicyclic amines) is 1. The van der Waals surface area contributed by atoms with E-state index in [9.17, 15) is 9.59 Å². The molecule has 1 fully saturated rings. The van der Waals surface area contributed by atoms with E-state index in [0.717, 1.165) is 5.75 Å². The molecule has 0 bridgehead atoms. The summed E-state index contributed by atoms with van der Waals surface area (Å²) >= 11 is 1.63. The number of fused-ring (bicyclic) bond motifs is 1. The van der Waals surface area contributed by atoms with E-state index in [4.69, 9.17) is 4.74 Å². The molecule has 1 atom stereocenters. The molecular weight excluding hydrogens is 346 g/mol. The van der Waals surface area contributed by atoms with Crippen molar-refractivity contribution in [2.24, 2.45) is 0 Å². The van der Waals surface area contributed by atoms with Gasteiger partial charge in [-0.25, -0.2) is 0 Å². The highest BCUT2D eigenvalue weighted by Crippen LogP contribution is 2.38. The lowest BCUT2D eigenvalue weighted by molar-refractivity contribution is -0.128. The van der Waals surface area contributed by atoms with E-state index in [1.807, 2.05) is 47.4 Å². The number of amides is 1. The molecular formula is C21H21NO3S. The summed E-state index contributed by atoms with van der Waals surface area (Å²) in [5, 5.41) is 0. The van der Waals surface area contributed by atoms with Gasteiger partial charge in [-0.1, -0.05) is 42.5 Å². The summed E-state index contributed by atoms with van der Waals surface area (Å²) in [6.07, 6.45) is 1.06. The van der Waals surface area contributed by atoms with Crippen molar-refractivity contribution in [1.82, 2.24) is 4.90 Å². The maximum absolute atomic E-state index is 12.6. The summed E-state index contributed by atoms with van der Waals surface area (Å²) in [7, 11) is 0. The minimum absolute atomic E-state index is 0.111. The lowest BCUT2D eigenvalue weighted by Crippen LogP contribution is -2.45. The highest BCUT2D eigenvalue weighted by Gasteiger charge is 2.46. The highest BCUT2D eigenvalue weighted by atomic mass is 32.2. The van der Waals surface area contributed by atoms with Gasteiger partial charge in [0.05, 0.1) is 24.3 Å². The largest absolute Gasteiger partial charge is 0.484 e.